The Bertz CT molecular complexity index is 532. The van der Waals surface area contributed by atoms with E-state index in [0.717, 1.165) is 0 Å². The van der Waals surface area contributed by atoms with E-state index in [1.807, 2.05) is 6.92 Å². The standard InChI is InChI=1S/C12H15N3O4/c1-7-3-4-13-11(10(7)15(18)19)14-5-8(2)9(6-14)12(16)17/h3-4,8-9H,5-6H2,1-2H3,(H,16,17). The highest BCUT2D eigenvalue weighted by molar-refractivity contribution is 5.73. The number of aryl methyl sites for hydroxylation is 1. The fraction of sp³-hybridized carbons (Fsp3) is 0.500. The summed E-state index contributed by atoms with van der Waals surface area (Å²) in [5.74, 6) is -1.17. The van der Waals surface area contributed by atoms with Gasteiger partial charge in [0.05, 0.1) is 10.8 Å². The van der Waals surface area contributed by atoms with Crippen molar-refractivity contribution < 1.29 is 14.8 Å². The molecule has 1 aliphatic rings. The van der Waals surface area contributed by atoms with Crippen molar-refractivity contribution in [3.63, 3.8) is 0 Å². The van der Waals surface area contributed by atoms with Crippen molar-refractivity contribution in [2.24, 2.45) is 11.8 Å². The summed E-state index contributed by atoms with van der Waals surface area (Å²) in [5.41, 5.74) is 0.488. The summed E-state index contributed by atoms with van der Waals surface area (Å²) in [7, 11) is 0. The van der Waals surface area contributed by atoms with Crippen LogP contribution in [0.4, 0.5) is 11.5 Å². The maximum Gasteiger partial charge on any atom is 0.314 e. The van der Waals surface area contributed by atoms with E-state index in [9.17, 15) is 14.9 Å². The average molecular weight is 265 g/mol. The van der Waals surface area contributed by atoms with Crippen molar-refractivity contribution in [1.29, 1.82) is 0 Å². The van der Waals surface area contributed by atoms with Crippen LogP contribution in [0.25, 0.3) is 0 Å². The van der Waals surface area contributed by atoms with Gasteiger partial charge in [-0.1, -0.05) is 6.92 Å². The molecular formula is C12H15N3O4. The highest BCUT2D eigenvalue weighted by Gasteiger charge is 2.38. The number of nitrogens with zero attached hydrogens (tertiary/aromatic N) is 3. The van der Waals surface area contributed by atoms with Crippen LogP contribution in [0.5, 0.6) is 0 Å². The molecule has 7 nitrogen and oxygen atoms in total. The quantitative estimate of drug-likeness (QED) is 0.656. The first-order chi connectivity index (χ1) is 8.91. The van der Waals surface area contributed by atoms with Gasteiger partial charge >= 0.3 is 11.7 Å². The van der Waals surface area contributed by atoms with Crippen LogP contribution in [0.15, 0.2) is 12.3 Å². The van der Waals surface area contributed by atoms with Crippen LogP contribution in [0.1, 0.15) is 12.5 Å². The van der Waals surface area contributed by atoms with Gasteiger partial charge in [0.15, 0.2) is 0 Å². The third kappa shape index (κ3) is 2.35. The number of carboxylic acid groups (broad SMARTS) is 1. The SMILES string of the molecule is Cc1ccnc(N2CC(C)C(C(=O)O)C2)c1[N+](=O)[O-]. The second-order valence-corrected chi connectivity index (χ2v) is 4.88. The molecule has 7 heteroatoms. The Morgan fingerprint density at radius 2 is 2.26 bits per heavy atom. The van der Waals surface area contributed by atoms with E-state index in [2.05, 4.69) is 4.98 Å². The van der Waals surface area contributed by atoms with Crippen molar-refractivity contribution in [1.82, 2.24) is 4.98 Å². The minimum absolute atomic E-state index is 0.0410. The van der Waals surface area contributed by atoms with E-state index >= 15 is 0 Å². The molecule has 2 rings (SSSR count). The molecule has 2 heterocycles. The zero-order chi connectivity index (χ0) is 14.2. The Morgan fingerprint density at radius 1 is 1.58 bits per heavy atom. The van der Waals surface area contributed by atoms with Gasteiger partial charge in [-0.15, -0.1) is 0 Å². The highest BCUT2D eigenvalue weighted by atomic mass is 16.6. The Hall–Kier alpha value is -2.18. The molecule has 1 aromatic rings. The minimum Gasteiger partial charge on any atom is -0.481 e. The highest BCUT2D eigenvalue weighted by Crippen LogP contribution is 2.34. The van der Waals surface area contributed by atoms with E-state index in [4.69, 9.17) is 5.11 Å². The molecule has 19 heavy (non-hydrogen) atoms. The van der Waals surface area contributed by atoms with Gasteiger partial charge < -0.3 is 10.0 Å². The summed E-state index contributed by atoms with van der Waals surface area (Å²) >= 11 is 0. The molecule has 1 N–H and O–H groups in total. The van der Waals surface area contributed by atoms with E-state index in [-0.39, 0.29) is 24.0 Å². The van der Waals surface area contributed by atoms with Gasteiger partial charge in [-0.25, -0.2) is 4.98 Å². The summed E-state index contributed by atoms with van der Waals surface area (Å²) in [6.07, 6.45) is 1.51. The van der Waals surface area contributed by atoms with Crippen LogP contribution in [-0.2, 0) is 4.79 Å². The van der Waals surface area contributed by atoms with Crippen molar-refractivity contribution in [3.8, 4) is 0 Å². The lowest BCUT2D eigenvalue weighted by atomic mass is 9.99. The Balaban J connectivity index is 2.37. The van der Waals surface area contributed by atoms with Gasteiger partial charge in [0.1, 0.15) is 0 Å². The monoisotopic (exact) mass is 265 g/mol. The normalized spacial score (nSPS) is 22.5. The molecule has 0 amide bonds. The third-order valence-electron chi connectivity index (χ3n) is 3.52. The van der Waals surface area contributed by atoms with Crippen molar-refractivity contribution in [2.75, 3.05) is 18.0 Å². The number of aliphatic carboxylic acids is 1. The lowest BCUT2D eigenvalue weighted by molar-refractivity contribution is -0.384. The molecule has 1 fully saturated rings. The van der Waals surface area contributed by atoms with Gasteiger partial charge in [-0.05, 0) is 18.9 Å². The van der Waals surface area contributed by atoms with E-state index in [1.54, 1.807) is 17.9 Å². The van der Waals surface area contributed by atoms with Gasteiger partial charge in [-0.2, -0.15) is 0 Å². The number of anilines is 1. The number of pyridine rings is 1. The summed E-state index contributed by atoms with van der Waals surface area (Å²) in [6.45, 7) is 4.21. The molecular weight excluding hydrogens is 250 g/mol. The smallest absolute Gasteiger partial charge is 0.314 e. The molecule has 0 aliphatic carbocycles. The third-order valence-corrected chi connectivity index (χ3v) is 3.52. The van der Waals surface area contributed by atoms with E-state index in [0.29, 0.717) is 12.1 Å². The number of hydrogen-bond acceptors (Lipinski definition) is 5. The summed E-state index contributed by atoms with van der Waals surface area (Å²) in [6, 6.07) is 1.58. The number of rotatable bonds is 3. The second-order valence-electron chi connectivity index (χ2n) is 4.88. The fourth-order valence-corrected chi connectivity index (χ4v) is 2.45. The van der Waals surface area contributed by atoms with Gasteiger partial charge in [0, 0.05) is 24.8 Å². The fourth-order valence-electron chi connectivity index (χ4n) is 2.45. The molecule has 0 bridgehead atoms. The topological polar surface area (TPSA) is 96.6 Å². The minimum atomic E-state index is -0.870. The Kier molecular flexibility index (Phi) is 3.37. The maximum atomic E-state index is 11.1. The zero-order valence-corrected chi connectivity index (χ0v) is 10.7. The summed E-state index contributed by atoms with van der Waals surface area (Å²) < 4.78 is 0. The number of carbonyl (C=O) groups is 1. The Morgan fingerprint density at radius 3 is 2.79 bits per heavy atom. The van der Waals surface area contributed by atoms with Crippen molar-refractivity contribution in [3.05, 3.63) is 27.9 Å². The van der Waals surface area contributed by atoms with Crippen molar-refractivity contribution >= 4 is 17.5 Å². The molecule has 102 valence electrons. The van der Waals surface area contributed by atoms with Gasteiger partial charge in [0.2, 0.25) is 5.82 Å². The van der Waals surface area contributed by atoms with Crippen molar-refractivity contribution in [2.45, 2.75) is 13.8 Å². The molecule has 0 aromatic carbocycles. The Labute approximate surface area is 110 Å². The molecule has 2 unspecified atom stereocenters. The van der Waals surface area contributed by atoms with Crippen LogP contribution >= 0.6 is 0 Å². The second kappa shape index (κ2) is 4.83. The lowest BCUT2D eigenvalue weighted by Crippen LogP contribution is -2.24. The number of nitro groups is 1. The average Bonchev–Trinajstić information content (AvgIpc) is 2.70. The van der Waals surface area contributed by atoms with Crippen LogP contribution in [0.2, 0.25) is 0 Å². The van der Waals surface area contributed by atoms with Gasteiger partial charge in [0.25, 0.3) is 0 Å². The first-order valence-electron chi connectivity index (χ1n) is 5.99. The molecule has 2 atom stereocenters. The predicted molar refractivity (Wildman–Crippen MR) is 68.1 cm³/mol. The van der Waals surface area contributed by atoms with E-state index < -0.39 is 16.8 Å². The molecule has 1 aromatic heterocycles. The first-order valence-corrected chi connectivity index (χ1v) is 5.99. The predicted octanol–water partition coefficient (Wildman–Crippen LogP) is 1.46. The first kappa shape index (κ1) is 13.3. The molecule has 0 saturated carbocycles. The molecule has 1 aliphatic heterocycles. The van der Waals surface area contributed by atoms with Crippen LogP contribution in [0, 0.1) is 28.9 Å². The maximum absolute atomic E-state index is 11.1. The summed E-state index contributed by atoms with van der Waals surface area (Å²) in [4.78, 5) is 27.5. The molecule has 0 spiro atoms. The van der Waals surface area contributed by atoms with E-state index in [1.165, 1.54) is 6.20 Å². The number of aromatic nitrogens is 1. The zero-order valence-electron chi connectivity index (χ0n) is 10.7. The number of carboxylic acids is 1. The number of hydrogen-bond donors (Lipinski definition) is 1. The summed E-state index contributed by atoms with van der Waals surface area (Å²) in [5, 5.41) is 20.2. The molecule has 1 saturated heterocycles. The largest absolute Gasteiger partial charge is 0.481 e. The van der Waals surface area contributed by atoms with Crippen LogP contribution in [0.3, 0.4) is 0 Å². The van der Waals surface area contributed by atoms with Crippen LogP contribution in [-0.4, -0.2) is 34.1 Å². The van der Waals surface area contributed by atoms with Crippen LogP contribution < -0.4 is 4.90 Å². The van der Waals surface area contributed by atoms with Gasteiger partial charge in [-0.3, -0.25) is 14.9 Å². The molecule has 0 radical (unpaired) electrons. The lowest BCUT2D eigenvalue weighted by Gasteiger charge is -2.17.